The molecule has 0 aliphatic rings. The zero-order valence-corrected chi connectivity index (χ0v) is 25.4. The molecule has 1 atom stereocenters. The lowest BCUT2D eigenvalue weighted by molar-refractivity contribution is 0.152. The molecule has 1 N–H and O–H groups in total. The van der Waals surface area contributed by atoms with E-state index < -0.39 is 13.2 Å². The molecule has 5 aromatic rings. The van der Waals surface area contributed by atoms with Crippen molar-refractivity contribution in [1.82, 2.24) is 19.6 Å². The van der Waals surface area contributed by atoms with E-state index in [1.165, 1.54) is 5.56 Å². The third-order valence-electron chi connectivity index (χ3n) is 7.62. The Morgan fingerprint density at radius 1 is 0.900 bits per heavy atom. The highest BCUT2D eigenvalue weighted by Crippen LogP contribution is 2.39. The lowest BCUT2D eigenvalue weighted by Crippen LogP contribution is -2.11. The Kier molecular flexibility index (Phi) is 7.60. The van der Waals surface area contributed by atoms with Gasteiger partial charge in [0.05, 0.1) is 29.5 Å². The van der Waals surface area contributed by atoms with Crippen LogP contribution in [0.4, 0.5) is 0 Å². The van der Waals surface area contributed by atoms with Gasteiger partial charge in [0.25, 0.3) is 0 Å². The van der Waals surface area contributed by atoms with E-state index in [1.54, 1.807) is 0 Å². The van der Waals surface area contributed by atoms with Crippen molar-refractivity contribution in [2.24, 2.45) is 0 Å². The molecule has 0 aliphatic heterocycles. The fourth-order valence-corrected chi connectivity index (χ4v) is 6.40. The molecule has 5 rings (SSSR count). The highest BCUT2D eigenvalue weighted by Gasteiger charge is 2.24. The summed E-state index contributed by atoms with van der Waals surface area (Å²) in [6, 6.07) is 22.0. The van der Waals surface area contributed by atoms with Gasteiger partial charge in [0.1, 0.15) is 7.14 Å². The first-order chi connectivity index (χ1) is 19.0. The second kappa shape index (κ2) is 10.8. The van der Waals surface area contributed by atoms with Gasteiger partial charge in [-0.1, -0.05) is 70.2 Å². The minimum atomic E-state index is -2.39. The van der Waals surface area contributed by atoms with Crippen LogP contribution in [-0.2, 0) is 11.1 Å². The largest absolute Gasteiger partial charge is 0.386 e. The molecule has 1 unspecified atom stereocenters. The molecule has 0 saturated carbocycles. The smallest absolute Gasteiger partial charge is 0.109 e. The zero-order chi connectivity index (χ0) is 28.8. The number of rotatable bonds is 8. The summed E-state index contributed by atoms with van der Waals surface area (Å²) in [7, 11) is -2.39. The molecule has 0 radical (unpaired) electrons. The van der Waals surface area contributed by atoms with Gasteiger partial charge in [-0.15, -0.1) is 0 Å². The zero-order valence-electron chi connectivity index (χ0n) is 24.5. The van der Waals surface area contributed by atoms with Gasteiger partial charge >= 0.3 is 0 Å². The summed E-state index contributed by atoms with van der Waals surface area (Å²) in [5.41, 5.74) is 8.15. The highest BCUT2D eigenvalue weighted by molar-refractivity contribution is 7.70. The number of hydrogen-bond donors (Lipinski definition) is 1. The van der Waals surface area contributed by atoms with Gasteiger partial charge < -0.3 is 9.67 Å². The number of fused-ring (bicyclic) bond motifs is 1. The van der Waals surface area contributed by atoms with E-state index in [0.29, 0.717) is 6.54 Å². The van der Waals surface area contributed by atoms with Gasteiger partial charge in [-0.3, -0.25) is 4.68 Å². The minimum absolute atomic E-state index is 0.244. The van der Waals surface area contributed by atoms with Crippen LogP contribution in [0.5, 0.6) is 0 Å². The van der Waals surface area contributed by atoms with Gasteiger partial charge in [-0.05, 0) is 67.5 Å². The summed E-state index contributed by atoms with van der Waals surface area (Å²) in [4.78, 5) is 0. The van der Waals surface area contributed by atoms with Crippen LogP contribution in [0.1, 0.15) is 68.0 Å². The van der Waals surface area contributed by atoms with Crippen molar-refractivity contribution in [3.63, 3.8) is 0 Å². The van der Waals surface area contributed by atoms with Crippen LogP contribution < -0.4 is 5.30 Å². The summed E-state index contributed by atoms with van der Waals surface area (Å²) in [5.74, 6) is 0.496. The Morgan fingerprint density at radius 3 is 2.27 bits per heavy atom. The van der Waals surface area contributed by atoms with Gasteiger partial charge in [0, 0.05) is 33.7 Å². The minimum Gasteiger partial charge on any atom is -0.386 e. The van der Waals surface area contributed by atoms with Crippen molar-refractivity contribution in [3.8, 4) is 16.9 Å². The van der Waals surface area contributed by atoms with Crippen LogP contribution in [0, 0.1) is 6.92 Å². The third-order valence-corrected chi connectivity index (χ3v) is 9.14. The SMILES string of the molecule is Cc1c(C(C)C)c(-c2cccc3nn(CC(O)c4ccccc4)cc23)nn1-c1ccc(P(C)(C)=O)cc1C(C)C. The van der Waals surface area contributed by atoms with Crippen LogP contribution in [0.15, 0.2) is 72.9 Å². The number of aromatic nitrogens is 4. The summed E-state index contributed by atoms with van der Waals surface area (Å²) >= 11 is 0. The van der Waals surface area contributed by atoms with Crippen LogP contribution in [-0.4, -0.2) is 38.0 Å². The number of hydrogen-bond acceptors (Lipinski definition) is 4. The highest BCUT2D eigenvalue weighted by atomic mass is 31.2. The van der Waals surface area contributed by atoms with E-state index in [2.05, 4.69) is 57.5 Å². The van der Waals surface area contributed by atoms with Gasteiger partial charge in [0.15, 0.2) is 0 Å². The lowest BCUT2D eigenvalue weighted by atomic mass is 9.95. The van der Waals surface area contributed by atoms with Crippen LogP contribution >= 0.6 is 7.14 Å². The lowest BCUT2D eigenvalue weighted by Gasteiger charge is -2.18. The van der Waals surface area contributed by atoms with Crippen molar-refractivity contribution in [2.75, 3.05) is 13.3 Å². The average Bonchev–Trinajstić information content (AvgIpc) is 3.48. The monoisotopic (exact) mass is 554 g/mol. The molecule has 0 bridgehead atoms. The van der Waals surface area contributed by atoms with Crippen molar-refractivity contribution in [3.05, 3.63) is 95.3 Å². The van der Waals surface area contributed by atoms with E-state index in [1.807, 2.05) is 72.7 Å². The molecule has 6 nitrogen and oxygen atoms in total. The molecular formula is C33H39N4O2P. The van der Waals surface area contributed by atoms with E-state index in [0.717, 1.165) is 50.0 Å². The summed E-state index contributed by atoms with van der Waals surface area (Å²) in [6.45, 7) is 14.9. The first kappa shape index (κ1) is 28.1. The summed E-state index contributed by atoms with van der Waals surface area (Å²) < 4.78 is 16.8. The Morgan fingerprint density at radius 2 is 1.62 bits per heavy atom. The predicted octanol–water partition coefficient (Wildman–Crippen LogP) is 7.43. The standard InChI is InChI=1S/C33H39N4O2P/c1-21(2)27-18-25(40(6,7)39)16-17-30(27)37-23(5)32(22(3)4)33(35-37)26-14-11-15-29-28(26)19-36(34-29)20-31(38)24-12-9-8-10-13-24/h8-19,21-22,31,38H,20H2,1-7H3. The fourth-order valence-electron chi connectivity index (χ4n) is 5.52. The van der Waals surface area contributed by atoms with Crippen molar-refractivity contribution in [2.45, 2.75) is 59.1 Å². The summed E-state index contributed by atoms with van der Waals surface area (Å²) in [6.07, 6.45) is 1.37. The number of benzene rings is 3. The maximum atomic E-state index is 12.9. The van der Waals surface area contributed by atoms with E-state index in [-0.39, 0.29) is 11.8 Å². The molecule has 2 aromatic heterocycles. The van der Waals surface area contributed by atoms with Crippen LogP contribution in [0.25, 0.3) is 27.8 Å². The Balaban J connectivity index is 1.63. The number of aliphatic hydroxyl groups excluding tert-OH is 1. The molecule has 3 aromatic carbocycles. The average molecular weight is 555 g/mol. The molecule has 0 amide bonds. The van der Waals surface area contributed by atoms with Crippen molar-refractivity contribution >= 4 is 23.3 Å². The van der Waals surface area contributed by atoms with Gasteiger partial charge in [-0.25, -0.2) is 4.68 Å². The Bertz CT molecular complexity index is 1710. The molecule has 2 heterocycles. The van der Waals surface area contributed by atoms with E-state index in [9.17, 15) is 9.67 Å². The molecular weight excluding hydrogens is 515 g/mol. The number of aliphatic hydroxyl groups is 1. The van der Waals surface area contributed by atoms with E-state index >= 15 is 0 Å². The quantitative estimate of drug-likeness (QED) is 0.203. The molecule has 7 heteroatoms. The topological polar surface area (TPSA) is 72.9 Å². The van der Waals surface area contributed by atoms with Gasteiger partial charge in [-0.2, -0.15) is 10.2 Å². The van der Waals surface area contributed by atoms with Crippen molar-refractivity contribution in [1.29, 1.82) is 0 Å². The fraction of sp³-hybridized carbons (Fsp3) is 0.333. The van der Waals surface area contributed by atoms with Crippen LogP contribution in [0.2, 0.25) is 0 Å². The normalized spacial score (nSPS) is 13.1. The summed E-state index contributed by atoms with van der Waals surface area (Å²) in [5, 5.41) is 22.7. The van der Waals surface area contributed by atoms with Crippen molar-refractivity contribution < 1.29 is 9.67 Å². The van der Waals surface area contributed by atoms with Crippen LogP contribution in [0.3, 0.4) is 0 Å². The molecule has 208 valence electrons. The Labute approximate surface area is 237 Å². The number of nitrogens with zero attached hydrogens (tertiary/aromatic N) is 4. The first-order valence-corrected chi connectivity index (χ1v) is 16.5. The third kappa shape index (κ3) is 5.31. The second-order valence-corrected chi connectivity index (χ2v) is 14.9. The maximum Gasteiger partial charge on any atom is 0.109 e. The molecule has 40 heavy (non-hydrogen) atoms. The maximum absolute atomic E-state index is 12.9. The molecule has 0 spiro atoms. The molecule has 0 saturated heterocycles. The predicted molar refractivity (Wildman–Crippen MR) is 166 cm³/mol. The van der Waals surface area contributed by atoms with E-state index in [4.69, 9.17) is 10.2 Å². The first-order valence-electron chi connectivity index (χ1n) is 13.9. The second-order valence-electron chi connectivity index (χ2n) is 11.7. The Hall–Kier alpha value is -3.47. The molecule has 0 aliphatic carbocycles. The molecule has 0 fully saturated rings. The van der Waals surface area contributed by atoms with Gasteiger partial charge in [0.2, 0.25) is 0 Å².